The number of nitrogens with one attached hydrogen (secondary N) is 1. The van der Waals surface area contributed by atoms with Gasteiger partial charge in [-0.25, -0.2) is 0 Å². The van der Waals surface area contributed by atoms with Gasteiger partial charge in [0.1, 0.15) is 0 Å². The molecule has 3 aromatic rings. The van der Waals surface area contributed by atoms with Gasteiger partial charge < -0.3 is 11.1 Å². The predicted octanol–water partition coefficient (Wildman–Crippen LogP) is 3.22. The molecule has 2 aromatic carbocycles. The molecular formula is C19H19ClN6O. The SMILES string of the molecule is NC(CC(=O)Nc1ccc(Cl)c(-n2nnnc2C2CC2)c1)c1ccccc1. The molecule has 1 atom stereocenters. The highest BCUT2D eigenvalue weighted by atomic mass is 35.5. The predicted molar refractivity (Wildman–Crippen MR) is 103 cm³/mol. The van der Waals surface area contributed by atoms with Crippen LogP contribution in [0.3, 0.4) is 0 Å². The number of nitrogens with two attached hydrogens (primary N) is 1. The highest BCUT2D eigenvalue weighted by Crippen LogP contribution is 2.40. The zero-order valence-corrected chi connectivity index (χ0v) is 15.3. The van der Waals surface area contributed by atoms with E-state index in [9.17, 15) is 4.79 Å². The summed E-state index contributed by atoms with van der Waals surface area (Å²) in [5, 5.41) is 15.3. The fourth-order valence-corrected chi connectivity index (χ4v) is 3.14. The molecule has 138 valence electrons. The van der Waals surface area contributed by atoms with Crippen LogP contribution in [0.1, 0.15) is 42.6 Å². The van der Waals surface area contributed by atoms with Gasteiger partial charge in [0.15, 0.2) is 5.82 Å². The Morgan fingerprint density at radius 3 is 2.78 bits per heavy atom. The maximum absolute atomic E-state index is 12.4. The van der Waals surface area contributed by atoms with Gasteiger partial charge in [0.05, 0.1) is 10.7 Å². The Morgan fingerprint density at radius 2 is 2.04 bits per heavy atom. The van der Waals surface area contributed by atoms with Gasteiger partial charge in [-0.15, -0.1) is 5.10 Å². The second-order valence-electron chi connectivity index (χ2n) is 6.66. The first-order valence-corrected chi connectivity index (χ1v) is 9.18. The summed E-state index contributed by atoms with van der Waals surface area (Å²) < 4.78 is 1.64. The molecule has 1 amide bonds. The number of rotatable bonds is 6. The Balaban J connectivity index is 1.49. The molecule has 1 unspecified atom stereocenters. The van der Waals surface area contributed by atoms with Crippen molar-refractivity contribution in [2.24, 2.45) is 5.73 Å². The molecule has 1 aromatic heterocycles. The van der Waals surface area contributed by atoms with Crippen LogP contribution < -0.4 is 11.1 Å². The van der Waals surface area contributed by atoms with E-state index in [1.807, 2.05) is 30.3 Å². The average Bonchev–Trinajstić information content (AvgIpc) is 3.41. The molecule has 0 radical (unpaired) electrons. The van der Waals surface area contributed by atoms with Crippen molar-refractivity contribution >= 4 is 23.2 Å². The number of hydrogen-bond donors (Lipinski definition) is 2. The molecule has 0 spiro atoms. The Hall–Kier alpha value is -2.77. The van der Waals surface area contributed by atoms with Gasteiger partial charge in [-0.2, -0.15) is 4.68 Å². The molecule has 4 rings (SSSR count). The average molecular weight is 383 g/mol. The first kappa shape index (κ1) is 17.6. The third-order valence-corrected chi connectivity index (χ3v) is 4.85. The molecule has 0 bridgehead atoms. The van der Waals surface area contributed by atoms with Crippen molar-refractivity contribution < 1.29 is 4.79 Å². The van der Waals surface area contributed by atoms with Crippen LogP contribution in [0.25, 0.3) is 5.69 Å². The maximum atomic E-state index is 12.4. The van der Waals surface area contributed by atoms with Crippen LogP contribution in [0.4, 0.5) is 5.69 Å². The molecule has 7 nitrogen and oxygen atoms in total. The van der Waals surface area contributed by atoms with Gasteiger partial charge in [-0.3, -0.25) is 4.79 Å². The monoisotopic (exact) mass is 382 g/mol. The van der Waals surface area contributed by atoms with Crippen molar-refractivity contribution in [3.8, 4) is 5.69 Å². The summed E-state index contributed by atoms with van der Waals surface area (Å²) in [6.07, 6.45) is 2.33. The molecule has 1 saturated carbocycles. The zero-order chi connectivity index (χ0) is 18.8. The lowest BCUT2D eigenvalue weighted by molar-refractivity contribution is -0.116. The largest absolute Gasteiger partial charge is 0.326 e. The lowest BCUT2D eigenvalue weighted by Crippen LogP contribution is -2.20. The first-order chi connectivity index (χ1) is 13.1. The van der Waals surface area contributed by atoms with Crippen LogP contribution in [0.15, 0.2) is 48.5 Å². The Labute approximate surface area is 161 Å². The van der Waals surface area contributed by atoms with Crippen molar-refractivity contribution in [1.82, 2.24) is 20.2 Å². The van der Waals surface area contributed by atoms with E-state index in [0.717, 1.165) is 24.2 Å². The summed E-state index contributed by atoms with van der Waals surface area (Å²) >= 11 is 6.34. The summed E-state index contributed by atoms with van der Waals surface area (Å²) in [6.45, 7) is 0. The van der Waals surface area contributed by atoms with E-state index in [4.69, 9.17) is 17.3 Å². The van der Waals surface area contributed by atoms with E-state index in [2.05, 4.69) is 20.8 Å². The van der Waals surface area contributed by atoms with Gasteiger partial charge in [0.2, 0.25) is 5.91 Å². The lowest BCUT2D eigenvalue weighted by Gasteiger charge is -2.13. The number of halogens is 1. The van der Waals surface area contributed by atoms with E-state index in [-0.39, 0.29) is 18.4 Å². The fourth-order valence-electron chi connectivity index (χ4n) is 2.94. The van der Waals surface area contributed by atoms with Crippen LogP contribution in [0.2, 0.25) is 5.02 Å². The van der Waals surface area contributed by atoms with Crippen LogP contribution in [-0.2, 0) is 4.79 Å². The van der Waals surface area contributed by atoms with Gasteiger partial charge in [-0.05, 0) is 47.0 Å². The molecule has 0 saturated heterocycles. The Kier molecular flexibility index (Phi) is 4.87. The molecule has 1 fully saturated rings. The summed E-state index contributed by atoms with van der Waals surface area (Å²) in [6, 6.07) is 14.4. The molecular weight excluding hydrogens is 364 g/mol. The van der Waals surface area contributed by atoms with Gasteiger partial charge in [0.25, 0.3) is 0 Å². The fraction of sp³-hybridized carbons (Fsp3) is 0.263. The highest BCUT2D eigenvalue weighted by Gasteiger charge is 2.30. The number of carbonyl (C=O) groups is 1. The highest BCUT2D eigenvalue weighted by molar-refractivity contribution is 6.32. The topological polar surface area (TPSA) is 98.7 Å². The molecule has 1 heterocycles. The number of carbonyl (C=O) groups excluding carboxylic acids is 1. The van der Waals surface area contributed by atoms with Crippen molar-refractivity contribution in [3.63, 3.8) is 0 Å². The summed E-state index contributed by atoms with van der Waals surface area (Å²) in [7, 11) is 0. The number of anilines is 1. The minimum Gasteiger partial charge on any atom is -0.326 e. The van der Waals surface area contributed by atoms with Gasteiger partial charge in [-0.1, -0.05) is 41.9 Å². The van der Waals surface area contributed by atoms with Gasteiger partial charge >= 0.3 is 0 Å². The Bertz CT molecular complexity index is 954. The molecule has 27 heavy (non-hydrogen) atoms. The van der Waals surface area contributed by atoms with E-state index < -0.39 is 0 Å². The summed E-state index contributed by atoms with van der Waals surface area (Å²) in [5.41, 5.74) is 8.32. The van der Waals surface area contributed by atoms with Crippen LogP contribution in [0, 0.1) is 0 Å². The standard InChI is InChI=1S/C19H19ClN6O/c20-15-9-8-14(10-17(15)26-19(13-6-7-13)23-24-25-26)22-18(27)11-16(21)12-4-2-1-3-5-12/h1-5,8-10,13,16H,6-7,11,21H2,(H,22,27). The van der Waals surface area contributed by atoms with Crippen LogP contribution in [0.5, 0.6) is 0 Å². The quantitative estimate of drug-likeness (QED) is 0.682. The van der Waals surface area contributed by atoms with E-state index in [0.29, 0.717) is 22.3 Å². The zero-order valence-electron chi connectivity index (χ0n) is 14.5. The number of benzene rings is 2. The second-order valence-corrected chi connectivity index (χ2v) is 7.07. The second kappa shape index (κ2) is 7.46. The van der Waals surface area contributed by atoms with E-state index in [1.54, 1.807) is 22.9 Å². The number of aromatic nitrogens is 4. The number of tetrazole rings is 1. The van der Waals surface area contributed by atoms with Crippen LogP contribution in [-0.4, -0.2) is 26.1 Å². The molecule has 1 aliphatic carbocycles. The van der Waals surface area contributed by atoms with Crippen molar-refractivity contribution in [3.05, 3.63) is 64.9 Å². The minimum absolute atomic E-state index is 0.168. The van der Waals surface area contributed by atoms with Crippen molar-refractivity contribution in [1.29, 1.82) is 0 Å². The van der Waals surface area contributed by atoms with Crippen molar-refractivity contribution in [2.45, 2.75) is 31.2 Å². The Morgan fingerprint density at radius 1 is 1.26 bits per heavy atom. The lowest BCUT2D eigenvalue weighted by atomic mass is 10.0. The molecule has 8 heteroatoms. The minimum atomic E-state index is -0.362. The molecule has 3 N–H and O–H groups in total. The third kappa shape index (κ3) is 3.99. The van der Waals surface area contributed by atoms with E-state index >= 15 is 0 Å². The molecule has 0 aliphatic heterocycles. The summed E-state index contributed by atoms with van der Waals surface area (Å²) in [5.74, 6) is 1.00. The molecule has 1 aliphatic rings. The number of amides is 1. The first-order valence-electron chi connectivity index (χ1n) is 8.80. The summed E-state index contributed by atoms with van der Waals surface area (Å²) in [4.78, 5) is 12.4. The van der Waals surface area contributed by atoms with E-state index in [1.165, 1.54) is 0 Å². The van der Waals surface area contributed by atoms with Crippen molar-refractivity contribution in [2.75, 3.05) is 5.32 Å². The number of nitrogens with zero attached hydrogens (tertiary/aromatic N) is 4. The normalized spacial score (nSPS) is 14.7. The van der Waals surface area contributed by atoms with Crippen LogP contribution >= 0.6 is 11.6 Å². The third-order valence-electron chi connectivity index (χ3n) is 4.53. The van der Waals surface area contributed by atoms with Gasteiger partial charge in [0, 0.05) is 24.1 Å². The smallest absolute Gasteiger partial charge is 0.226 e. The maximum Gasteiger partial charge on any atom is 0.226 e. The number of hydrogen-bond acceptors (Lipinski definition) is 5.